The molecule has 0 aliphatic rings. The van der Waals surface area contributed by atoms with Crippen molar-refractivity contribution in [2.75, 3.05) is 7.11 Å². The fourth-order valence-electron chi connectivity index (χ4n) is 1.79. The molecule has 1 heterocycles. The molecule has 0 fully saturated rings. The monoisotopic (exact) mass is 273 g/mol. The van der Waals surface area contributed by atoms with E-state index in [9.17, 15) is 4.79 Å². The Morgan fingerprint density at radius 1 is 1.32 bits per heavy atom. The van der Waals surface area contributed by atoms with E-state index in [1.54, 1.807) is 11.3 Å². The third kappa shape index (κ3) is 3.09. The molecule has 0 amide bonds. The molecule has 0 saturated carbocycles. The van der Waals surface area contributed by atoms with Crippen molar-refractivity contribution in [1.29, 1.82) is 0 Å². The molecule has 0 aliphatic heterocycles. The summed E-state index contributed by atoms with van der Waals surface area (Å²) in [4.78, 5) is 16.9. The number of allylic oxidation sites excluding steroid dienone is 1. The second kappa shape index (κ2) is 5.80. The highest BCUT2D eigenvalue weighted by molar-refractivity contribution is 7.13. The summed E-state index contributed by atoms with van der Waals surface area (Å²) in [7, 11) is 1.38. The Morgan fingerprint density at radius 2 is 2.00 bits per heavy atom. The summed E-state index contributed by atoms with van der Waals surface area (Å²) in [6, 6.07) is 9.96. The molecule has 0 N–H and O–H groups in total. The average Bonchev–Trinajstić information content (AvgIpc) is 2.82. The normalized spacial score (nSPS) is 11.4. The van der Waals surface area contributed by atoms with Gasteiger partial charge >= 0.3 is 5.97 Å². The number of carbonyl (C=O) groups is 1. The third-order valence-corrected chi connectivity index (χ3v) is 3.78. The van der Waals surface area contributed by atoms with Crippen molar-refractivity contribution in [3.63, 3.8) is 0 Å². The number of nitrogens with zero attached hydrogens (tertiary/aromatic N) is 1. The first-order chi connectivity index (χ1) is 9.11. The summed E-state index contributed by atoms with van der Waals surface area (Å²) in [5, 5.41) is 0.978. The molecule has 0 spiro atoms. The van der Waals surface area contributed by atoms with Gasteiger partial charge < -0.3 is 4.74 Å². The number of benzene rings is 1. The van der Waals surface area contributed by atoms with E-state index in [0.717, 1.165) is 26.7 Å². The summed E-state index contributed by atoms with van der Waals surface area (Å²) in [6.45, 7) is 3.86. The molecule has 0 radical (unpaired) electrons. The van der Waals surface area contributed by atoms with E-state index in [1.807, 2.05) is 44.2 Å². The highest BCUT2D eigenvalue weighted by atomic mass is 32.1. The van der Waals surface area contributed by atoms with Crippen LogP contribution in [0.4, 0.5) is 0 Å². The van der Waals surface area contributed by atoms with E-state index in [1.165, 1.54) is 13.2 Å². The number of aryl methyl sites for hydroxylation is 1. The molecule has 1 aromatic carbocycles. The fourth-order valence-corrected chi connectivity index (χ4v) is 2.70. The van der Waals surface area contributed by atoms with E-state index in [4.69, 9.17) is 0 Å². The average molecular weight is 273 g/mol. The van der Waals surface area contributed by atoms with Gasteiger partial charge in [-0.3, -0.25) is 0 Å². The number of ether oxygens (including phenoxy) is 1. The summed E-state index contributed by atoms with van der Waals surface area (Å²) in [5.41, 5.74) is 2.84. The van der Waals surface area contributed by atoms with E-state index in [0.29, 0.717) is 0 Å². The molecule has 0 atom stereocenters. The second-order valence-electron chi connectivity index (χ2n) is 4.13. The molecule has 0 unspecified atom stereocenters. The maximum Gasteiger partial charge on any atom is 0.330 e. The van der Waals surface area contributed by atoms with Gasteiger partial charge in [-0.25, -0.2) is 9.78 Å². The summed E-state index contributed by atoms with van der Waals surface area (Å²) >= 11 is 1.58. The Kier molecular flexibility index (Phi) is 4.12. The van der Waals surface area contributed by atoms with Crippen LogP contribution in [0.5, 0.6) is 0 Å². The largest absolute Gasteiger partial charge is 0.466 e. The van der Waals surface area contributed by atoms with Gasteiger partial charge in [-0.1, -0.05) is 30.3 Å². The predicted octanol–water partition coefficient (Wildman–Crippen LogP) is 3.69. The van der Waals surface area contributed by atoms with Crippen molar-refractivity contribution in [2.24, 2.45) is 0 Å². The molecule has 0 bridgehead atoms. The lowest BCUT2D eigenvalue weighted by molar-refractivity contribution is -0.134. The maximum atomic E-state index is 11.3. The molecule has 0 saturated heterocycles. The number of carbonyl (C=O) groups excluding carboxylic acids is 1. The van der Waals surface area contributed by atoms with Crippen LogP contribution in [0.2, 0.25) is 0 Å². The first kappa shape index (κ1) is 13.5. The predicted molar refractivity (Wildman–Crippen MR) is 78.0 cm³/mol. The van der Waals surface area contributed by atoms with Crippen molar-refractivity contribution in [3.05, 3.63) is 46.3 Å². The molecular weight excluding hydrogens is 258 g/mol. The lowest BCUT2D eigenvalue weighted by Crippen LogP contribution is -1.95. The molecule has 3 nitrogen and oxygen atoms in total. The molecule has 2 rings (SSSR count). The van der Waals surface area contributed by atoms with Crippen molar-refractivity contribution in [3.8, 4) is 11.3 Å². The zero-order valence-corrected chi connectivity index (χ0v) is 12.0. The Bertz CT molecular complexity index is 614. The standard InChI is InChI=1S/C15H15NO2S/c1-10(9-13(17)18-3)15-14(16-11(2)19-15)12-7-5-4-6-8-12/h4-9H,1-3H3/b10-9+. The molecule has 19 heavy (non-hydrogen) atoms. The molecular formula is C15H15NO2S. The minimum atomic E-state index is -0.345. The second-order valence-corrected chi connectivity index (χ2v) is 5.33. The number of hydrogen-bond acceptors (Lipinski definition) is 4. The lowest BCUT2D eigenvalue weighted by atomic mass is 10.1. The van der Waals surface area contributed by atoms with Gasteiger partial charge in [0.25, 0.3) is 0 Å². The van der Waals surface area contributed by atoms with Gasteiger partial charge in [0.1, 0.15) is 0 Å². The van der Waals surface area contributed by atoms with E-state index in [-0.39, 0.29) is 5.97 Å². The quantitative estimate of drug-likeness (QED) is 0.632. The Balaban J connectivity index is 2.48. The van der Waals surface area contributed by atoms with Gasteiger partial charge in [0.15, 0.2) is 0 Å². The van der Waals surface area contributed by atoms with Crippen LogP contribution < -0.4 is 0 Å². The van der Waals surface area contributed by atoms with Crippen molar-refractivity contribution >= 4 is 22.9 Å². The number of methoxy groups -OCH3 is 1. The van der Waals surface area contributed by atoms with Gasteiger partial charge in [0.05, 0.1) is 22.7 Å². The smallest absolute Gasteiger partial charge is 0.330 e. The number of aromatic nitrogens is 1. The Morgan fingerprint density at radius 3 is 2.63 bits per heavy atom. The molecule has 2 aromatic rings. The van der Waals surface area contributed by atoms with Crippen LogP contribution in [-0.2, 0) is 9.53 Å². The topological polar surface area (TPSA) is 39.2 Å². The van der Waals surface area contributed by atoms with Crippen LogP contribution in [0, 0.1) is 6.92 Å². The SMILES string of the molecule is COC(=O)/C=C(\C)c1sc(C)nc1-c1ccccc1. The van der Waals surface area contributed by atoms with Gasteiger partial charge in [-0.05, 0) is 19.4 Å². The molecule has 0 aliphatic carbocycles. The van der Waals surface area contributed by atoms with Crippen LogP contribution in [0.25, 0.3) is 16.8 Å². The van der Waals surface area contributed by atoms with Gasteiger partial charge in [-0.2, -0.15) is 0 Å². The van der Waals surface area contributed by atoms with Crippen molar-refractivity contribution in [1.82, 2.24) is 4.98 Å². The number of esters is 1. The van der Waals surface area contributed by atoms with Crippen LogP contribution in [0.1, 0.15) is 16.8 Å². The first-order valence-electron chi connectivity index (χ1n) is 5.91. The Labute approximate surface area is 116 Å². The summed E-state index contributed by atoms with van der Waals surface area (Å²) < 4.78 is 4.66. The molecule has 98 valence electrons. The molecule has 1 aromatic heterocycles. The van der Waals surface area contributed by atoms with Crippen LogP contribution in [-0.4, -0.2) is 18.1 Å². The number of rotatable bonds is 3. The number of hydrogen-bond donors (Lipinski definition) is 0. The van der Waals surface area contributed by atoms with E-state index in [2.05, 4.69) is 9.72 Å². The first-order valence-corrected chi connectivity index (χ1v) is 6.73. The Hall–Kier alpha value is -1.94. The van der Waals surface area contributed by atoms with Crippen LogP contribution in [0.3, 0.4) is 0 Å². The van der Waals surface area contributed by atoms with Gasteiger partial charge in [0.2, 0.25) is 0 Å². The van der Waals surface area contributed by atoms with Gasteiger partial charge in [0, 0.05) is 11.6 Å². The molecule has 4 heteroatoms. The number of thiazole rings is 1. The van der Waals surface area contributed by atoms with E-state index >= 15 is 0 Å². The third-order valence-electron chi connectivity index (χ3n) is 2.68. The van der Waals surface area contributed by atoms with Gasteiger partial charge in [-0.15, -0.1) is 11.3 Å². The maximum absolute atomic E-state index is 11.3. The van der Waals surface area contributed by atoms with Crippen molar-refractivity contribution in [2.45, 2.75) is 13.8 Å². The fraction of sp³-hybridized carbons (Fsp3) is 0.200. The zero-order chi connectivity index (χ0) is 13.8. The van der Waals surface area contributed by atoms with Crippen LogP contribution in [0.15, 0.2) is 36.4 Å². The van der Waals surface area contributed by atoms with Crippen molar-refractivity contribution < 1.29 is 9.53 Å². The lowest BCUT2D eigenvalue weighted by Gasteiger charge is -2.02. The summed E-state index contributed by atoms with van der Waals surface area (Å²) in [5.74, 6) is -0.345. The minimum absolute atomic E-state index is 0.345. The summed E-state index contributed by atoms with van der Waals surface area (Å²) in [6.07, 6.45) is 1.50. The highest BCUT2D eigenvalue weighted by Crippen LogP contribution is 2.33. The zero-order valence-electron chi connectivity index (χ0n) is 11.1. The minimum Gasteiger partial charge on any atom is -0.466 e. The highest BCUT2D eigenvalue weighted by Gasteiger charge is 2.13. The van der Waals surface area contributed by atoms with Crippen LogP contribution >= 0.6 is 11.3 Å². The van der Waals surface area contributed by atoms with E-state index < -0.39 is 0 Å².